The van der Waals surface area contributed by atoms with Gasteiger partial charge in [-0.1, -0.05) is 20.8 Å². The molecule has 4 heterocycles. The topological polar surface area (TPSA) is 67.4 Å². The number of nitrogens with zero attached hydrogens (tertiary/aromatic N) is 3. The zero-order chi connectivity index (χ0) is 24.6. The lowest BCUT2D eigenvalue weighted by molar-refractivity contribution is -0.206. The summed E-state index contributed by atoms with van der Waals surface area (Å²) in [5.74, 6) is -0.178. The third-order valence-corrected chi connectivity index (χ3v) is 5.16. The molecule has 2 aromatic heterocycles. The van der Waals surface area contributed by atoms with Crippen LogP contribution in [0.25, 0.3) is 11.3 Å². The molecular weight excluding hydrogens is 454 g/mol. The summed E-state index contributed by atoms with van der Waals surface area (Å²) < 4.78 is 85.8. The van der Waals surface area contributed by atoms with E-state index in [-0.39, 0.29) is 23.0 Å². The number of cyclic esters (lactones) is 1. The van der Waals surface area contributed by atoms with Gasteiger partial charge in [0.2, 0.25) is 6.10 Å². The number of fused-ring (bicyclic) bond motifs is 1. The van der Waals surface area contributed by atoms with Gasteiger partial charge in [0, 0.05) is 24.8 Å². The quantitative estimate of drug-likeness (QED) is 0.523. The van der Waals surface area contributed by atoms with E-state index in [4.69, 9.17) is 0 Å². The van der Waals surface area contributed by atoms with Crippen LogP contribution in [0, 0.1) is 5.92 Å². The maximum atomic E-state index is 13.6. The molecule has 0 radical (unpaired) electrons. The second-order valence-electron chi connectivity index (χ2n) is 7.51. The van der Waals surface area contributed by atoms with Gasteiger partial charge in [0.15, 0.2) is 0 Å². The Kier molecular flexibility index (Phi) is 6.75. The molecule has 2 aliphatic heterocycles. The number of hydrogen-bond acceptors (Lipinski definition) is 5. The van der Waals surface area contributed by atoms with Crippen molar-refractivity contribution in [1.29, 1.82) is 0 Å². The van der Waals surface area contributed by atoms with Crippen LogP contribution in [0.2, 0.25) is 0 Å². The first-order valence-corrected chi connectivity index (χ1v) is 10.3. The molecule has 33 heavy (non-hydrogen) atoms. The van der Waals surface area contributed by atoms with Crippen molar-refractivity contribution in [3.8, 4) is 11.3 Å². The summed E-state index contributed by atoms with van der Waals surface area (Å²) in [6.45, 7) is 6.90. The molecule has 0 saturated carbocycles. The van der Waals surface area contributed by atoms with Crippen molar-refractivity contribution in [2.45, 2.75) is 45.6 Å². The number of carbonyl (C=O) groups is 1. The van der Waals surface area contributed by atoms with Crippen molar-refractivity contribution in [2.75, 3.05) is 23.3 Å². The van der Waals surface area contributed by atoms with Gasteiger partial charge in [-0.15, -0.1) is 0 Å². The Balaban J connectivity index is 0.00000149. The number of pyridine rings is 2. The van der Waals surface area contributed by atoms with E-state index >= 15 is 0 Å². The minimum absolute atomic E-state index is 0.0176. The Morgan fingerprint density at radius 1 is 1.15 bits per heavy atom. The van der Waals surface area contributed by atoms with E-state index in [1.165, 1.54) is 0 Å². The number of halogens is 6. The third-order valence-electron chi connectivity index (χ3n) is 5.16. The largest absolute Gasteiger partial charge is 0.431 e. The Labute approximate surface area is 186 Å². The summed E-state index contributed by atoms with van der Waals surface area (Å²) in [6.07, 6.45) is -11.9. The van der Waals surface area contributed by atoms with Crippen molar-refractivity contribution in [2.24, 2.45) is 5.92 Å². The van der Waals surface area contributed by atoms with Crippen LogP contribution in [0.1, 0.15) is 44.4 Å². The van der Waals surface area contributed by atoms with Crippen LogP contribution in [0.4, 0.5) is 42.8 Å². The highest BCUT2D eigenvalue weighted by Gasteiger charge is 2.49. The summed E-state index contributed by atoms with van der Waals surface area (Å²) in [6, 6.07) is 2.69. The number of alkyl halides is 6. The molecule has 1 fully saturated rings. The van der Waals surface area contributed by atoms with Gasteiger partial charge < -0.3 is 9.64 Å². The van der Waals surface area contributed by atoms with E-state index in [0.29, 0.717) is 19.2 Å². The number of ether oxygens (including phenoxy) is 1. The molecule has 180 valence electrons. The summed E-state index contributed by atoms with van der Waals surface area (Å²) in [4.78, 5) is 21.2. The van der Waals surface area contributed by atoms with Crippen LogP contribution >= 0.6 is 0 Å². The number of nitrogens with one attached hydrogen (secondary N) is 1. The van der Waals surface area contributed by atoms with E-state index in [1.54, 1.807) is 4.90 Å². The number of rotatable bonds is 2. The molecule has 1 N–H and O–H groups in total. The minimum atomic E-state index is -5.00. The molecular formula is C21H22F6N4O2. The van der Waals surface area contributed by atoms with Gasteiger partial charge >= 0.3 is 18.4 Å². The van der Waals surface area contributed by atoms with Crippen molar-refractivity contribution >= 4 is 17.7 Å². The smallest absolute Gasteiger partial charge is 0.430 e. The van der Waals surface area contributed by atoms with E-state index < -0.39 is 41.5 Å². The highest BCUT2D eigenvalue weighted by molar-refractivity contribution is 5.89. The first kappa shape index (κ1) is 24.6. The van der Waals surface area contributed by atoms with Gasteiger partial charge in [-0.2, -0.15) is 26.3 Å². The summed E-state index contributed by atoms with van der Waals surface area (Å²) in [5, 5.41) is 2.06. The van der Waals surface area contributed by atoms with Crippen molar-refractivity contribution < 1.29 is 35.9 Å². The van der Waals surface area contributed by atoms with E-state index in [0.717, 1.165) is 24.8 Å². The molecule has 0 bridgehead atoms. The molecule has 2 aromatic rings. The lowest BCUT2D eigenvalue weighted by Gasteiger charge is -2.29. The molecule has 1 saturated heterocycles. The molecule has 0 spiro atoms. The Morgan fingerprint density at radius 3 is 2.42 bits per heavy atom. The normalized spacial score (nSPS) is 20.4. The number of carbonyl (C=O) groups excluding carboxylic acids is 1. The van der Waals surface area contributed by atoms with Crippen LogP contribution in [0.3, 0.4) is 0 Å². The monoisotopic (exact) mass is 476 g/mol. The van der Waals surface area contributed by atoms with Gasteiger partial charge in [-0.05, 0) is 30.5 Å². The number of anilines is 2. The van der Waals surface area contributed by atoms with Crippen LogP contribution in [-0.4, -0.2) is 35.3 Å². The number of amides is 1. The second-order valence-corrected chi connectivity index (χ2v) is 7.51. The Bertz CT molecular complexity index is 1020. The average Bonchev–Trinajstić information content (AvgIpc) is 3.19. The SMILES string of the molecule is CC.C[C@@H]1CCN(c2cc(C(F)(F)F)cc(-c3ccnc4c3C(C(F)(F)F)OC(=O)N4)n2)C1. The van der Waals surface area contributed by atoms with Crippen molar-refractivity contribution in [1.82, 2.24) is 9.97 Å². The summed E-state index contributed by atoms with van der Waals surface area (Å²) >= 11 is 0. The molecule has 0 aromatic carbocycles. The van der Waals surface area contributed by atoms with E-state index in [9.17, 15) is 31.1 Å². The summed E-state index contributed by atoms with van der Waals surface area (Å²) in [7, 11) is 0. The molecule has 2 atom stereocenters. The zero-order valence-corrected chi connectivity index (χ0v) is 18.0. The third kappa shape index (κ3) is 5.14. The van der Waals surface area contributed by atoms with E-state index in [2.05, 4.69) is 20.0 Å². The van der Waals surface area contributed by atoms with Crippen LogP contribution in [0.5, 0.6) is 0 Å². The van der Waals surface area contributed by atoms with Crippen molar-refractivity contribution in [3.05, 3.63) is 35.5 Å². The van der Waals surface area contributed by atoms with Crippen molar-refractivity contribution in [3.63, 3.8) is 0 Å². The summed E-state index contributed by atoms with van der Waals surface area (Å²) in [5.41, 5.74) is -2.21. The van der Waals surface area contributed by atoms with E-state index in [1.807, 2.05) is 20.8 Å². The number of hydrogen-bond donors (Lipinski definition) is 1. The minimum Gasteiger partial charge on any atom is -0.431 e. The molecule has 4 rings (SSSR count). The molecule has 0 aliphatic carbocycles. The molecule has 12 heteroatoms. The fourth-order valence-corrected chi connectivity index (χ4v) is 3.71. The van der Waals surface area contributed by atoms with Crippen LogP contribution < -0.4 is 10.2 Å². The van der Waals surface area contributed by atoms with Crippen LogP contribution in [-0.2, 0) is 10.9 Å². The first-order valence-electron chi connectivity index (χ1n) is 10.3. The van der Waals surface area contributed by atoms with Gasteiger partial charge in [0.05, 0.1) is 16.8 Å². The first-order chi connectivity index (χ1) is 15.4. The van der Waals surface area contributed by atoms with Gasteiger partial charge in [-0.3, -0.25) is 5.32 Å². The highest BCUT2D eigenvalue weighted by Crippen LogP contribution is 2.46. The molecule has 2 aliphatic rings. The highest BCUT2D eigenvalue weighted by atomic mass is 19.4. The van der Waals surface area contributed by atoms with Gasteiger partial charge in [0.25, 0.3) is 0 Å². The van der Waals surface area contributed by atoms with Crippen LogP contribution in [0.15, 0.2) is 24.4 Å². The molecule has 1 unspecified atom stereocenters. The Hall–Kier alpha value is -3.05. The zero-order valence-electron chi connectivity index (χ0n) is 18.0. The lowest BCUT2D eigenvalue weighted by atomic mass is 9.98. The average molecular weight is 476 g/mol. The maximum absolute atomic E-state index is 13.6. The van der Waals surface area contributed by atoms with Gasteiger partial charge in [-0.25, -0.2) is 14.8 Å². The number of aromatic nitrogens is 2. The lowest BCUT2D eigenvalue weighted by Crippen LogP contribution is -2.34. The molecule has 1 amide bonds. The maximum Gasteiger partial charge on any atom is 0.430 e. The predicted molar refractivity (Wildman–Crippen MR) is 109 cm³/mol. The molecule has 6 nitrogen and oxygen atoms in total. The fraction of sp³-hybridized carbons (Fsp3) is 0.476. The fourth-order valence-electron chi connectivity index (χ4n) is 3.71. The Morgan fingerprint density at radius 2 is 1.85 bits per heavy atom. The van der Waals surface area contributed by atoms with Gasteiger partial charge in [0.1, 0.15) is 11.6 Å². The predicted octanol–water partition coefficient (Wildman–Crippen LogP) is 6.20. The standard InChI is InChI=1S/C19H16F6N4O2.C2H6/c1-9-3-5-29(8-9)13-7-10(18(20,21)22)6-12(27-13)11-2-4-26-16-14(11)15(19(23,24)25)31-17(30)28-16;1-2/h2,4,6-7,9,15H,3,5,8H2,1H3,(H,26,28,30);1-2H3/t9-,15?;/m1./s1. The second kappa shape index (κ2) is 9.06.